The average molecular weight is 176 g/mol. The van der Waals surface area contributed by atoms with E-state index in [-0.39, 0.29) is 6.10 Å². The normalized spacial score (nSPS) is 27.8. The highest BCUT2D eigenvalue weighted by molar-refractivity contribution is 5.30. The maximum absolute atomic E-state index is 10.0. The fourth-order valence-corrected chi connectivity index (χ4v) is 2.13. The zero-order valence-corrected chi connectivity index (χ0v) is 8.03. The van der Waals surface area contributed by atoms with Gasteiger partial charge in [-0.15, -0.1) is 0 Å². The summed E-state index contributed by atoms with van der Waals surface area (Å²) in [6.45, 7) is 2.13. The van der Waals surface area contributed by atoms with Gasteiger partial charge in [0.1, 0.15) is 0 Å². The number of fused-ring (bicyclic) bond motifs is 1. The first-order valence-electron chi connectivity index (χ1n) is 5.05. The fraction of sp³-hybridized carbons (Fsp3) is 0.500. The molecule has 0 aromatic heterocycles. The number of benzene rings is 1. The molecule has 2 rings (SSSR count). The van der Waals surface area contributed by atoms with Gasteiger partial charge in [-0.1, -0.05) is 31.2 Å². The van der Waals surface area contributed by atoms with Gasteiger partial charge < -0.3 is 5.11 Å². The predicted molar refractivity (Wildman–Crippen MR) is 53.5 cm³/mol. The summed E-state index contributed by atoms with van der Waals surface area (Å²) in [5, 5.41) is 10.0. The molecule has 13 heavy (non-hydrogen) atoms. The summed E-state index contributed by atoms with van der Waals surface area (Å²) in [4.78, 5) is 0. The summed E-state index contributed by atoms with van der Waals surface area (Å²) < 4.78 is 0. The lowest BCUT2D eigenvalue weighted by Gasteiger charge is -2.17. The van der Waals surface area contributed by atoms with E-state index in [1.165, 1.54) is 12.0 Å². The lowest BCUT2D eigenvalue weighted by Crippen LogP contribution is -2.07. The maximum atomic E-state index is 10.0. The molecule has 1 N–H and O–H groups in total. The van der Waals surface area contributed by atoms with E-state index in [0.29, 0.717) is 5.92 Å². The molecule has 1 nitrogen and oxygen atoms in total. The van der Waals surface area contributed by atoms with Crippen LogP contribution in [-0.2, 0) is 6.42 Å². The van der Waals surface area contributed by atoms with E-state index in [0.717, 1.165) is 18.4 Å². The molecule has 0 radical (unpaired) electrons. The van der Waals surface area contributed by atoms with Gasteiger partial charge in [-0.25, -0.2) is 0 Å². The SMILES string of the molecule is C[C@@H]1CCCc2ccccc2[C@@H]1O. The topological polar surface area (TPSA) is 20.2 Å². The Bertz CT molecular complexity index is 293. The second kappa shape index (κ2) is 3.51. The van der Waals surface area contributed by atoms with E-state index in [4.69, 9.17) is 0 Å². The van der Waals surface area contributed by atoms with Crippen LogP contribution in [0.5, 0.6) is 0 Å². The van der Waals surface area contributed by atoms with Crippen molar-refractivity contribution in [2.45, 2.75) is 32.3 Å². The minimum Gasteiger partial charge on any atom is -0.388 e. The molecule has 1 aromatic rings. The molecule has 0 heterocycles. The van der Waals surface area contributed by atoms with Gasteiger partial charge in [0.2, 0.25) is 0 Å². The molecule has 1 aromatic carbocycles. The number of aryl methyl sites for hydroxylation is 1. The van der Waals surface area contributed by atoms with Gasteiger partial charge in [-0.05, 0) is 36.3 Å². The standard InChI is InChI=1S/C12H16O/c1-9-5-4-7-10-6-2-3-8-11(10)12(9)13/h2-3,6,8-9,12-13H,4-5,7H2,1H3/t9-,12-/m1/s1. The van der Waals surface area contributed by atoms with Crippen LogP contribution in [0.2, 0.25) is 0 Å². The van der Waals surface area contributed by atoms with Crippen molar-refractivity contribution in [1.82, 2.24) is 0 Å². The van der Waals surface area contributed by atoms with E-state index in [1.54, 1.807) is 0 Å². The summed E-state index contributed by atoms with van der Waals surface area (Å²) in [6.07, 6.45) is 3.21. The summed E-state index contributed by atoms with van der Waals surface area (Å²) in [6, 6.07) is 8.26. The quantitative estimate of drug-likeness (QED) is 0.602. The van der Waals surface area contributed by atoms with E-state index in [2.05, 4.69) is 25.1 Å². The van der Waals surface area contributed by atoms with Crippen LogP contribution in [0.15, 0.2) is 24.3 Å². The molecule has 0 amide bonds. The minimum atomic E-state index is -0.251. The largest absolute Gasteiger partial charge is 0.388 e. The van der Waals surface area contributed by atoms with Gasteiger partial charge in [0.05, 0.1) is 6.10 Å². The predicted octanol–water partition coefficient (Wildman–Crippen LogP) is 2.69. The number of aliphatic hydroxyl groups excluding tert-OH is 1. The number of hydrogen-bond donors (Lipinski definition) is 1. The maximum Gasteiger partial charge on any atom is 0.0818 e. The highest BCUT2D eigenvalue weighted by Crippen LogP contribution is 2.32. The molecule has 0 saturated carbocycles. The number of rotatable bonds is 0. The first kappa shape index (κ1) is 8.76. The third-order valence-electron chi connectivity index (χ3n) is 3.02. The third kappa shape index (κ3) is 1.61. The van der Waals surface area contributed by atoms with Crippen molar-refractivity contribution in [3.8, 4) is 0 Å². The smallest absolute Gasteiger partial charge is 0.0818 e. The van der Waals surface area contributed by atoms with Crippen molar-refractivity contribution in [2.24, 2.45) is 5.92 Å². The molecule has 0 fully saturated rings. The molecular weight excluding hydrogens is 160 g/mol. The van der Waals surface area contributed by atoms with Crippen LogP contribution in [0.1, 0.15) is 37.0 Å². The molecule has 0 bridgehead atoms. The Morgan fingerprint density at radius 2 is 2.08 bits per heavy atom. The van der Waals surface area contributed by atoms with Crippen LogP contribution in [-0.4, -0.2) is 5.11 Å². The van der Waals surface area contributed by atoms with Crippen LogP contribution in [0.3, 0.4) is 0 Å². The zero-order chi connectivity index (χ0) is 9.26. The van der Waals surface area contributed by atoms with Gasteiger partial charge in [0.15, 0.2) is 0 Å². The summed E-state index contributed by atoms with van der Waals surface area (Å²) in [5.74, 6) is 0.406. The number of hydrogen-bond acceptors (Lipinski definition) is 1. The average Bonchev–Trinajstić information content (AvgIpc) is 2.29. The molecular formula is C12H16O. The Morgan fingerprint density at radius 3 is 2.92 bits per heavy atom. The molecule has 0 aliphatic heterocycles. The second-order valence-corrected chi connectivity index (χ2v) is 4.01. The Labute approximate surface area is 79.4 Å². The number of aliphatic hydroxyl groups is 1. The Hall–Kier alpha value is -0.820. The van der Waals surface area contributed by atoms with E-state index < -0.39 is 0 Å². The Morgan fingerprint density at radius 1 is 1.31 bits per heavy atom. The minimum absolute atomic E-state index is 0.251. The highest BCUT2D eigenvalue weighted by Gasteiger charge is 2.21. The Balaban J connectivity index is 2.40. The van der Waals surface area contributed by atoms with Crippen LogP contribution in [0.25, 0.3) is 0 Å². The first-order valence-corrected chi connectivity index (χ1v) is 5.05. The van der Waals surface area contributed by atoms with Gasteiger partial charge in [0, 0.05) is 0 Å². The Kier molecular flexibility index (Phi) is 2.36. The van der Waals surface area contributed by atoms with Gasteiger partial charge in [-0.3, -0.25) is 0 Å². The monoisotopic (exact) mass is 176 g/mol. The van der Waals surface area contributed by atoms with Crippen LogP contribution < -0.4 is 0 Å². The molecule has 0 saturated heterocycles. The van der Waals surface area contributed by atoms with Crippen LogP contribution in [0.4, 0.5) is 0 Å². The lowest BCUT2D eigenvalue weighted by molar-refractivity contribution is 0.115. The highest BCUT2D eigenvalue weighted by atomic mass is 16.3. The molecule has 0 unspecified atom stereocenters. The summed E-state index contributed by atoms with van der Waals surface area (Å²) in [7, 11) is 0. The van der Waals surface area contributed by atoms with Crippen molar-refractivity contribution in [3.05, 3.63) is 35.4 Å². The molecule has 1 heteroatoms. The van der Waals surface area contributed by atoms with Gasteiger partial charge in [0.25, 0.3) is 0 Å². The van der Waals surface area contributed by atoms with Crippen molar-refractivity contribution in [2.75, 3.05) is 0 Å². The van der Waals surface area contributed by atoms with Crippen molar-refractivity contribution in [3.63, 3.8) is 0 Å². The van der Waals surface area contributed by atoms with Crippen molar-refractivity contribution < 1.29 is 5.11 Å². The molecule has 2 atom stereocenters. The van der Waals surface area contributed by atoms with Crippen LogP contribution >= 0.6 is 0 Å². The van der Waals surface area contributed by atoms with E-state index in [9.17, 15) is 5.11 Å². The summed E-state index contributed by atoms with van der Waals surface area (Å²) in [5.41, 5.74) is 2.48. The lowest BCUT2D eigenvalue weighted by atomic mass is 9.95. The third-order valence-corrected chi connectivity index (χ3v) is 3.02. The van der Waals surface area contributed by atoms with Crippen LogP contribution in [0, 0.1) is 5.92 Å². The first-order chi connectivity index (χ1) is 6.29. The van der Waals surface area contributed by atoms with E-state index in [1.807, 2.05) is 6.07 Å². The molecule has 1 aliphatic carbocycles. The molecule has 70 valence electrons. The van der Waals surface area contributed by atoms with E-state index >= 15 is 0 Å². The van der Waals surface area contributed by atoms with Gasteiger partial charge >= 0.3 is 0 Å². The van der Waals surface area contributed by atoms with Crippen molar-refractivity contribution in [1.29, 1.82) is 0 Å². The van der Waals surface area contributed by atoms with Crippen molar-refractivity contribution >= 4 is 0 Å². The fourth-order valence-electron chi connectivity index (χ4n) is 2.13. The zero-order valence-electron chi connectivity index (χ0n) is 8.03. The van der Waals surface area contributed by atoms with Gasteiger partial charge in [-0.2, -0.15) is 0 Å². The molecule has 1 aliphatic rings. The second-order valence-electron chi connectivity index (χ2n) is 4.01. The molecule has 0 spiro atoms. The summed E-state index contributed by atoms with van der Waals surface area (Å²) >= 11 is 0.